The summed E-state index contributed by atoms with van der Waals surface area (Å²) in [6.45, 7) is 2.93. The molecular weight excluding hydrogens is 250 g/mol. The van der Waals surface area contributed by atoms with Gasteiger partial charge in [-0.3, -0.25) is 4.79 Å². The van der Waals surface area contributed by atoms with Crippen LogP contribution in [0, 0.1) is 0 Å². The monoisotopic (exact) mass is 267 g/mol. The second kappa shape index (κ2) is 5.83. The van der Waals surface area contributed by atoms with Crippen LogP contribution >= 0.6 is 24.4 Å². The van der Waals surface area contributed by atoms with E-state index >= 15 is 0 Å². The zero-order valence-corrected chi connectivity index (χ0v) is 11.6. The van der Waals surface area contributed by atoms with E-state index in [9.17, 15) is 4.79 Å². The maximum Gasteiger partial charge on any atom is 0.236 e. The van der Waals surface area contributed by atoms with Crippen molar-refractivity contribution in [2.24, 2.45) is 0 Å². The van der Waals surface area contributed by atoms with Gasteiger partial charge in [0.15, 0.2) is 0 Å². The summed E-state index contributed by atoms with van der Waals surface area (Å²) in [5, 5.41) is -0.240. The van der Waals surface area contributed by atoms with Crippen LogP contribution in [0.25, 0.3) is 0 Å². The molecule has 0 bridgehead atoms. The summed E-state index contributed by atoms with van der Waals surface area (Å²) in [4.78, 5) is 14.1. The minimum Gasteiger partial charge on any atom is -0.332 e. The standard InChI is InChI=1S/C13H17NOS2/c1-10(11-5-3-2-4-6-11)12(16)13(15)14-7-8-17-9-14/h2-6,10,12,16H,7-9H2,1H3. The first-order valence-corrected chi connectivity index (χ1v) is 7.47. The highest BCUT2D eigenvalue weighted by Gasteiger charge is 2.28. The molecule has 2 nitrogen and oxygen atoms in total. The van der Waals surface area contributed by atoms with Crippen LogP contribution in [0.3, 0.4) is 0 Å². The molecule has 1 fully saturated rings. The molecule has 1 saturated heterocycles. The van der Waals surface area contributed by atoms with Crippen LogP contribution in [0.2, 0.25) is 0 Å². The Morgan fingerprint density at radius 1 is 1.41 bits per heavy atom. The molecule has 1 aromatic carbocycles. The number of hydrogen-bond acceptors (Lipinski definition) is 3. The van der Waals surface area contributed by atoms with Crippen LogP contribution in [0.4, 0.5) is 0 Å². The Morgan fingerprint density at radius 3 is 2.71 bits per heavy atom. The van der Waals surface area contributed by atoms with Crippen molar-refractivity contribution < 1.29 is 4.79 Å². The first-order chi connectivity index (χ1) is 8.20. The van der Waals surface area contributed by atoms with Gasteiger partial charge in [-0.1, -0.05) is 37.3 Å². The lowest BCUT2D eigenvalue weighted by molar-refractivity contribution is -0.129. The molecule has 17 heavy (non-hydrogen) atoms. The molecule has 1 aromatic rings. The average Bonchev–Trinajstić information content (AvgIpc) is 2.91. The van der Waals surface area contributed by atoms with Crippen molar-refractivity contribution in [3.05, 3.63) is 35.9 Å². The first-order valence-electron chi connectivity index (χ1n) is 5.79. The zero-order chi connectivity index (χ0) is 12.3. The van der Waals surface area contributed by atoms with Crippen molar-refractivity contribution in [3.63, 3.8) is 0 Å². The third-order valence-electron chi connectivity index (χ3n) is 3.12. The summed E-state index contributed by atoms with van der Waals surface area (Å²) < 4.78 is 0. The van der Waals surface area contributed by atoms with Gasteiger partial charge in [0.1, 0.15) is 0 Å². The van der Waals surface area contributed by atoms with Gasteiger partial charge < -0.3 is 4.90 Å². The Labute approximate surface area is 112 Å². The summed E-state index contributed by atoms with van der Waals surface area (Å²) in [6.07, 6.45) is 0. The molecule has 0 aromatic heterocycles. The number of thioether (sulfide) groups is 1. The summed E-state index contributed by atoms with van der Waals surface area (Å²) in [5.74, 6) is 2.18. The molecule has 0 radical (unpaired) electrons. The molecule has 1 heterocycles. The van der Waals surface area contributed by atoms with Gasteiger partial charge in [0, 0.05) is 18.2 Å². The van der Waals surface area contributed by atoms with Gasteiger partial charge in [-0.2, -0.15) is 12.6 Å². The average molecular weight is 267 g/mol. The van der Waals surface area contributed by atoms with Crippen molar-refractivity contribution in [3.8, 4) is 0 Å². The fraction of sp³-hybridized carbons (Fsp3) is 0.462. The van der Waals surface area contributed by atoms with Gasteiger partial charge in [-0.15, -0.1) is 11.8 Å². The number of carbonyl (C=O) groups excluding carboxylic acids is 1. The normalized spacial score (nSPS) is 19.1. The van der Waals surface area contributed by atoms with Gasteiger partial charge in [-0.05, 0) is 5.56 Å². The van der Waals surface area contributed by atoms with E-state index in [1.54, 1.807) is 11.8 Å². The largest absolute Gasteiger partial charge is 0.332 e. The molecular formula is C13H17NOS2. The molecule has 1 aliphatic heterocycles. The van der Waals surface area contributed by atoms with Crippen LogP contribution in [-0.2, 0) is 4.79 Å². The molecule has 1 amide bonds. The molecule has 0 aliphatic carbocycles. The van der Waals surface area contributed by atoms with E-state index in [2.05, 4.69) is 31.7 Å². The summed E-state index contributed by atoms with van der Waals surface area (Å²) in [5.41, 5.74) is 1.17. The quantitative estimate of drug-likeness (QED) is 0.850. The molecule has 2 atom stereocenters. The number of rotatable bonds is 3. The minimum absolute atomic E-state index is 0.151. The molecule has 2 unspecified atom stereocenters. The number of carbonyl (C=O) groups is 1. The molecule has 92 valence electrons. The molecule has 0 saturated carbocycles. The maximum absolute atomic E-state index is 12.2. The molecule has 4 heteroatoms. The Morgan fingerprint density at radius 2 is 2.12 bits per heavy atom. The lowest BCUT2D eigenvalue weighted by atomic mass is 9.97. The van der Waals surface area contributed by atoms with Gasteiger partial charge >= 0.3 is 0 Å². The minimum atomic E-state index is -0.240. The van der Waals surface area contributed by atoms with Crippen molar-refractivity contribution in [1.82, 2.24) is 4.90 Å². The van der Waals surface area contributed by atoms with Crippen molar-refractivity contribution in [2.45, 2.75) is 18.1 Å². The highest BCUT2D eigenvalue weighted by molar-refractivity contribution is 7.99. The Balaban J connectivity index is 2.04. The molecule has 1 aliphatic rings. The van der Waals surface area contributed by atoms with Crippen LogP contribution in [0.1, 0.15) is 18.4 Å². The van der Waals surface area contributed by atoms with E-state index in [0.29, 0.717) is 0 Å². The van der Waals surface area contributed by atoms with Crippen molar-refractivity contribution >= 4 is 30.3 Å². The summed E-state index contributed by atoms with van der Waals surface area (Å²) in [6, 6.07) is 10.1. The van der Waals surface area contributed by atoms with Crippen molar-refractivity contribution in [2.75, 3.05) is 18.2 Å². The fourth-order valence-corrected chi connectivity index (χ4v) is 3.22. The topological polar surface area (TPSA) is 20.3 Å². The fourth-order valence-electron chi connectivity index (χ4n) is 1.93. The number of amides is 1. The molecule has 0 spiro atoms. The van der Waals surface area contributed by atoms with Gasteiger partial charge in [0.05, 0.1) is 11.1 Å². The Hall–Kier alpha value is -0.610. The van der Waals surface area contributed by atoms with Gasteiger partial charge in [0.25, 0.3) is 0 Å². The number of benzene rings is 1. The van der Waals surface area contributed by atoms with Crippen LogP contribution in [0.5, 0.6) is 0 Å². The highest BCUT2D eigenvalue weighted by Crippen LogP contribution is 2.26. The lowest BCUT2D eigenvalue weighted by Crippen LogP contribution is -2.37. The number of hydrogen-bond donors (Lipinski definition) is 1. The van der Waals surface area contributed by atoms with E-state index in [-0.39, 0.29) is 17.1 Å². The Bertz CT molecular complexity index is 376. The van der Waals surface area contributed by atoms with E-state index in [1.165, 1.54) is 5.56 Å². The lowest BCUT2D eigenvalue weighted by Gasteiger charge is -2.23. The maximum atomic E-state index is 12.2. The molecule has 0 N–H and O–H groups in total. The van der Waals surface area contributed by atoms with Gasteiger partial charge in [0.2, 0.25) is 5.91 Å². The number of nitrogens with zero attached hydrogens (tertiary/aromatic N) is 1. The predicted octanol–water partition coefficient (Wildman–Crippen LogP) is 2.62. The third-order valence-corrected chi connectivity index (χ3v) is 4.75. The van der Waals surface area contributed by atoms with E-state index < -0.39 is 0 Å². The van der Waals surface area contributed by atoms with E-state index in [4.69, 9.17) is 0 Å². The zero-order valence-electron chi connectivity index (χ0n) is 9.87. The second-order valence-corrected chi connectivity index (χ2v) is 5.91. The van der Waals surface area contributed by atoms with Crippen molar-refractivity contribution in [1.29, 1.82) is 0 Å². The van der Waals surface area contributed by atoms with Crippen LogP contribution < -0.4 is 0 Å². The first kappa shape index (κ1) is 12.8. The summed E-state index contributed by atoms with van der Waals surface area (Å²) in [7, 11) is 0. The summed E-state index contributed by atoms with van der Waals surface area (Å²) >= 11 is 6.31. The van der Waals surface area contributed by atoms with Crippen LogP contribution in [-0.4, -0.2) is 34.2 Å². The SMILES string of the molecule is CC(c1ccccc1)C(S)C(=O)N1CCSC1. The van der Waals surface area contributed by atoms with E-state index in [0.717, 1.165) is 18.2 Å². The Kier molecular flexibility index (Phi) is 4.40. The molecule has 2 rings (SSSR count). The smallest absolute Gasteiger partial charge is 0.236 e. The van der Waals surface area contributed by atoms with E-state index in [1.807, 2.05) is 23.1 Å². The highest BCUT2D eigenvalue weighted by atomic mass is 32.2. The van der Waals surface area contributed by atoms with Crippen LogP contribution in [0.15, 0.2) is 30.3 Å². The van der Waals surface area contributed by atoms with Gasteiger partial charge in [-0.25, -0.2) is 0 Å². The number of thiol groups is 1. The second-order valence-electron chi connectivity index (χ2n) is 4.28. The third kappa shape index (κ3) is 2.99. The predicted molar refractivity (Wildman–Crippen MR) is 76.7 cm³/mol.